The third-order valence-corrected chi connectivity index (χ3v) is 3.23. The van der Waals surface area contributed by atoms with E-state index >= 15 is 0 Å². The molecule has 0 radical (unpaired) electrons. The summed E-state index contributed by atoms with van der Waals surface area (Å²) in [6.45, 7) is 2.18. The molecule has 0 heterocycles. The summed E-state index contributed by atoms with van der Waals surface area (Å²) in [5.41, 5.74) is 6.63. The van der Waals surface area contributed by atoms with Crippen LogP contribution in [0.2, 0.25) is 0 Å². The Kier molecular flexibility index (Phi) is 2.79. The molecule has 1 atom stereocenters. The van der Waals surface area contributed by atoms with Gasteiger partial charge in [-0.1, -0.05) is 29.8 Å². The van der Waals surface area contributed by atoms with Crippen LogP contribution in [0.25, 0.3) is 0 Å². The Labute approximate surface area is 90.5 Å². The molecule has 1 unspecified atom stereocenters. The number of alkyl halides is 1. The van der Waals surface area contributed by atoms with Gasteiger partial charge in [0.2, 0.25) is 0 Å². The Morgan fingerprint density at radius 2 is 2.20 bits per heavy atom. The van der Waals surface area contributed by atoms with Crippen molar-refractivity contribution in [1.82, 2.24) is 0 Å². The van der Waals surface area contributed by atoms with Gasteiger partial charge >= 0.3 is 0 Å². The van der Waals surface area contributed by atoms with E-state index in [2.05, 4.69) is 0 Å². The summed E-state index contributed by atoms with van der Waals surface area (Å²) in [5.74, 6) is 0.197. The molecule has 1 aliphatic rings. The first-order valence-corrected chi connectivity index (χ1v) is 5.58. The lowest BCUT2D eigenvalue weighted by Gasteiger charge is -2.23. The summed E-state index contributed by atoms with van der Waals surface area (Å²) in [6.07, 6.45) is 2.47. The Hall–Kier alpha value is -0.890. The first-order chi connectivity index (χ1) is 7.14. The molecule has 0 amide bonds. The van der Waals surface area contributed by atoms with Crippen molar-refractivity contribution in [2.24, 2.45) is 11.7 Å². The maximum Gasteiger partial charge on any atom is 0.130 e. The van der Waals surface area contributed by atoms with E-state index in [9.17, 15) is 4.39 Å². The highest BCUT2D eigenvalue weighted by Crippen LogP contribution is 2.43. The molecule has 2 heteroatoms. The molecule has 1 aliphatic carbocycles. The van der Waals surface area contributed by atoms with Crippen molar-refractivity contribution >= 4 is 0 Å². The van der Waals surface area contributed by atoms with Gasteiger partial charge in [-0.3, -0.25) is 0 Å². The average Bonchev–Trinajstić information content (AvgIpc) is 3.01. The minimum Gasteiger partial charge on any atom is -0.328 e. The maximum absolute atomic E-state index is 14.4. The zero-order valence-electron chi connectivity index (χ0n) is 9.17. The Balaban J connectivity index is 2.12. The maximum atomic E-state index is 14.4. The van der Waals surface area contributed by atoms with Crippen LogP contribution in [0.3, 0.4) is 0 Å². The second-order valence-electron chi connectivity index (χ2n) is 4.68. The molecule has 2 N–H and O–H groups in total. The largest absolute Gasteiger partial charge is 0.328 e. The predicted molar refractivity (Wildman–Crippen MR) is 60.5 cm³/mol. The van der Waals surface area contributed by atoms with Crippen molar-refractivity contribution in [3.05, 3.63) is 35.4 Å². The molecule has 0 saturated heterocycles. The Morgan fingerprint density at radius 3 is 2.73 bits per heavy atom. The SMILES string of the molecule is Cc1cccc(CC(F)(CN)C2CC2)c1. The molecular weight excluding hydrogens is 189 g/mol. The van der Waals surface area contributed by atoms with Crippen LogP contribution in [0.1, 0.15) is 24.0 Å². The van der Waals surface area contributed by atoms with E-state index < -0.39 is 5.67 Å². The normalized spacial score (nSPS) is 19.9. The summed E-state index contributed by atoms with van der Waals surface area (Å²) in [6, 6.07) is 8.04. The summed E-state index contributed by atoms with van der Waals surface area (Å²) in [7, 11) is 0. The van der Waals surface area contributed by atoms with Crippen LogP contribution in [0.15, 0.2) is 24.3 Å². The van der Waals surface area contributed by atoms with E-state index in [4.69, 9.17) is 5.73 Å². The summed E-state index contributed by atoms with van der Waals surface area (Å²) in [5, 5.41) is 0. The van der Waals surface area contributed by atoms with Crippen LogP contribution in [-0.2, 0) is 6.42 Å². The number of nitrogens with two attached hydrogens (primary N) is 1. The molecular formula is C13H18FN. The fraction of sp³-hybridized carbons (Fsp3) is 0.538. The molecule has 1 aromatic carbocycles. The van der Waals surface area contributed by atoms with E-state index in [0.717, 1.165) is 18.4 Å². The highest BCUT2D eigenvalue weighted by molar-refractivity contribution is 5.24. The first kappa shape index (κ1) is 10.6. The van der Waals surface area contributed by atoms with Crippen LogP contribution in [-0.4, -0.2) is 12.2 Å². The molecule has 0 aromatic heterocycles. The van der Waals surface area contributed by atoms with Crippen molar-refractivity contribution in [1.29, 1.82) is 0 Å². The smallest absolute Gasteiger partial charge is 0.130 e. The summed E-state index contributed by atoms with van der Waals surface area (Å²) < 4.78 is 14.4. The van der Waals surface area contributed by atoms with Crippen LogP contribution < -0.4 is 5.73 Å². The van der Waals surface area contributed by atoms with Crippen LogP contribution in [0.4, 0.5) is 4.39 Å². The molecule has 1 saturated carbocycles. The number of halogens is 1. The highest BCUT2D eigenvalue weighted by atomic mass is 19.1. The number of aryl methyl sites for hydroxylation is 1. The monoisotopic (exact) mass is 207 g/mol. The van der Waals surface area contributed by atoms with Gasteiger partial charge in [-0.2, -0.15) is 0 Å². The van der Waals surface area contributed by atoms with E-state index in [0.29, 0.717) is 6.42 Å². The number of hydrogen-bond acceptors (Lipinski definition) is 1. The second kappa shape index (κ2) is 3.93. The van der Waals surface area contributed by atoms with E-state index in [1.54, 1.807) is 0 Å². The molecule has 1 aromatic rings. The van der Waals surface area contributed by atoms with E-state index in [-0.39, 0.29) is 12.5 Å². The second-order valence-corrected chi connectivity index (χ2v) is 4.68. The molecule has 1 fully saturated rings. The third kappa shape index (κ3) is 2.37. The van der Waals surface area contributed by atoms with Gasteiger partial charge in [0.15, 0.2) is 0 Å². The quantitative estimate of drug-likeness (QED) is 0.807. The predicted octanol–water partition coefficient (Wildman–Crippen LogP) is 2.61. The minimum absolute atomic E-state index is 0.144. The van der Waals surface area contributed by atoms with Crippen molar-refractivity contribution < 1.29 is 4.39 Å². The van der Waals surface area contributed by atoms with Gasteiger partial charge in [0, 0.05) is 13.0 Å². The van der Waals surface area contributed by atoms with Crippen molar-refractivity contribution in [3.63, 3.8) is 0 Å². The molecule has 0 aliphatic heterocycles. The molecule has 0 spiro atoms. The molecule has 15 heavy (non-hydrogen) atoms. The van der Waals surface area contributed by atoms with Gasteiger partial charge in [0.25, 0.3) is 0 Å². The van der Waals surface area contributed by atoms with E-state index in [1.807, 2.05) is 31.2 Å². The van der Waals surface area contributed by atoms with Crippen molar-refractivity contribution in [2.75, 3.05) is 6.54 Å². The van der Waals surface area contributed by atoms with Gasteiger partial charge in [-0.25, -0.2) is 4.39 Å². The van der Waals surface area contributed by atoms with Crippen molar-refractivity contribution in [3.8, 4) is 0 Å². The third-order valence-electron chi connectivity index (χ3n) is 3.23. The average molecular weight is 207 g/mol. The number of hydrogen-bond donors (Lipinski definition) is 1. The minimum atomic E-state index is -1.17. The number of rotatable bonds is 4. The van der Waals surface area contributed by atoms with Gasteiger partial charge in [-0.15, -0.1) is 0 Å². The number of benzene rings is 1. The zero-order valence-corrected chi connectivity index (χ0v) is 9.17. The lowest BCUT2D eigenvalue weighted by molar-refractivity contribution is 0.142. The molecule has 82 valence electrons. The topological polar surface area (TPSA) is 26.0 Å². The summed E-state index contributed by atoms with van der Waals surface area (Å²) in [4.78, 5) is 0. The van der Waals surface area contributed by atoms with Gasteiger partial charge in [-0.05, 0) is 31.2 Å². The Morgan fingerprint density at radius 1 is 1.47 bits per heavy atom. The van der Waals surface area contributed by atoms with Crippen LogP contribution in [0, 0.1) is 12.8 Å². The van der Waals surface area contributed by atoms with Crippen LogP contribution in [0.5, 0.6) is 0 Å². The molecule has 1 nitrogen and oxygen atoms in total. The lowest BCUT2D eigenvalue weighted by Crippen LogP contribution is -2.37. The fourth-order valence-electron chi connectivity index (χ4n) is 2.15. The zero-order chi connectivity index (χ0) is 10.9. The van der Waals surface area contributed by atoms with Gasteiger partial charge in [0.1, 0.15) is 5.67 Å². The fourth-order valence-corrected chi connectivity index (χ4v) is 2.15. The standard InChI is InChI=1S/C13H18FN/c1-10-3-2-4-11(7-10)8-13(14,9-15)12-5-6-12/h2-4,7,12H,5-6,8-9,15H2,1H3. The Bertz CT molecular complexity index is 346. The molecule has 2 rings (SSSR count). The molecule has 0 bridgehead atoms. The van der Waals surface area contributed by atoms with Gasteiger partial charge < -0.3 is 5.73 Å². The van der Waals surface area contributed by atoms with Crippen molar-refractivity contribution in [2.45, 2.75) is 31.9 Å². The van der Waals surface area contributed by atoms with Crippen LogP contribution >= 0.6 is 0 Å². The highest BCUT2D eigenvalue weighted by Gasteiger charge is 2.44. The summed E-state index contributed by atoms with van der Waals surface area (Å²) >= 11 is 0. The lowest BCUT2D eigenvalue weighted by atomic mass is 9.91. The van der Waals surface area contributed by atoms with Gasteiger partial charge in [0.05, 0.1) is 0 Å². The first-order valence-electron chi connectivity index (χ1n) is 5.58. The van der Waals surface area contributed by atoms with E-state index in [1.165, 1.54) is 5.56 Å².